The van der Waals surface area contributed by atoms with Crippen LogP contribution in [0.1, 0.15) is 42.7 Å². The number of ketones is 1. The van der Waals surface area contributed by atoms with Crippen molar-refractivity contribution in [1.82, 2.24) is 19.7 Å². The van der Waals surface area contributed by atoms with Crippen molar-refractivity contribution in [3.05, 3.63) is 47.8 Å². The first-order chi connectivity index (χ1) is 17.7. The smallest absolute Gasteiger partial charge is 0.469 e. The second-order valence-electron chi connectivity index (χ2n) is 8.16. The van der Waals surface area contributed by atoms with Gasteiger partial charge in [-0.15, -0.1) is 0 Å². The number of phosphoric ester groups is 1. The Bertz CT molecular complexity index is 1270. The van der Waals surface area contributed by atoms with Gasteiger partial charge >= 0.3 is 7.82 Å². The van der Waals surface area contributed by atoms with E-state index >= 15 is 0 Å². The molecule has 2 heterocycles. The number of benzene rings is 1. The van der Waals surface area contributed by atoms with Crippen molar-refractivity contribution in [3.8, 4) is 11.6 Å². The highest BCUT2D eigenvalue weighted by molar-refractivity contribution is 7.46. The minimum atomic E-state index is -4.57. The molecule has 0 atom stereocenters. The first kappa shape index (κ1) is 28.3. The van der Waals surface area contributed by atoms with Gasteiger partial charge in [-0.05, 0) is 31.0 Å². The summed E-state index contributed by atoms with van der Waals surface area (Å²) in [4.78, 5) is 49.6. The molecule has 1 amide bonds. The normalized spacial score (nSPS) is 11.5. The standard InChI is InChI=1S/C24H31N4O8P/c1-4-10-27(11-5-2)22(29)16-28-20-14-18(34-3)7-8-19(20)23(26-28)24(30)17-6-9-21(25-15-17)35-12-13-36-37(31,32)33/h6-9,14-15H,4-5,10-13,16H2,1-3H3,(H2,31,32,33). The van der Waals surface area contributed by atoms with Gasteiger partial charge in [0.1, 0.15) is 24.6 Å². The summed E-state index contributed by atoms with van der Waals surface area (Å²) in [5, 5.41) is 5.08. The third kappa shape index (κ3) is 7.59. The van der Waals surface area contributed by atoms with E-state index < -0.39 is 7.82 Å². The molecule has 200 valence electrons. The van der Waals surface area contributed by atoms with Crippen LogP contribution < -0.4 is 9.47 Å². The Kier molecular flexibility index (Phi) is 9.76. The highest BCUT2D eigenvalue weighted by Gasteiger charge is 2.22. The molecule has 0 aliphatic carbocycles. The lowest BCUT2D eigenvalue weighted by Crippen LogP contribution is -2.35. The molecule has 0 spiro atoms. The molecule has 3 rings (SSSR count). The molecule has 0 saturated heterocycles. The second kappa shape index (κ2) is 12.8. The number of carbonyl (C=O) groups is 2. The van der Waals surface area contributed by atoms with Crippen molar-refractivity contribution in [2.75, 3.05) is 33.4 Å². The molecule has 2 aromatic heterocycles. The Morgan fingerprint density at radius 2 is 1.81 bits per heavy atom. The lowest BCUT2D eigenvalue weighted by atomic mass is 10.1. The number of hydrogen-bond donors (Lipinski definition) is 2. The largest absolute Gasteiger partial charge is 0.497 e. The molecular weight excluding hydrogens is 503 g/mol. The number of aromatic nitrogens is 3. The number of rotatable bonds is 14. The fraction of sp³-hybridized carbons (Fsp3) is 0.417. The number of ether oxygens (including phenoxy) is 2. The summed E-state index contributed by atoms with van der Waals surface area (Å²) in [6.45, 7) is 4.84. The van der Waals surface area contributed by atoms with E-state index in [9.17, 15) is 14.2 Å². The molecule has 37 heavy (non-hydrogen) atoms. The molecule has 13 heteroatoms. The van der Waals surface area contributed by atoms with E-state index in [1.165, 1.54) is 30.1 Å². The van der Waals surface area contributed by atoms with Crippen molar-refractivity contribution in [3.63, 3.8) is 0 Å². The molecule has 1 aromatic carbocycles. The molecule has 2 N–H and O–H groups in total. The minimum absolute atomic E-state index is 0.0152. The zero-order valence-electron chi connectivity index (χ0n) is 21.0. The third-order valence-corrected chi connectivity index (χ3v) is 5.91. The van der Waals surface area contributed by atoms with Crippen LogP contribution in [0.5, 0.6) is 11.6 Å². The number of fused-ring (bicyclic) bond motifs is 1. The van der Waals surface area contributed by atoms with Gasteiger partial charge in [0.05, 0.1) is 19.2 Å². The molecule has 0 radical (unpaired) electrons. The maximum atomic E-state index is 13.3. The van der Waals surface area contributed by atoms with Gasteiger partial charge in [0, 0.05) is 42.4 Å². The fourth-order valence-electron chi connectivity index (χ4n) is 3.74. The molecule has 12 nitrogen and oxygen atoms in total. The molecular formula is C24H31N4O8P. The van der Waals surface area contributed by atoms with Crippen molar-refractivity contribution < 1.29 is 37.9 Å². The summed E-state index contributed by atoms with van der Waals surface area (Å²) in [7, 11) is -3.03. The number of hydrogen-bond acceptors (Lipinski definition) is 8. The molecule has 0 aliphatic heterocycles. The van der Waals surface area contributed by atoms with Gasteiger partial charge in [0.15, 0.2) is 0 Å². The second-order valence-corrected chi connectivity index (χ2v) is 9.40. The zero-order chi connectivity index (χ0) is 27.0. The van der Waals surface area contributed by atoms with Gasteiger partial charge in [0.2, 0.25) is 17.6 Å². The molecule has 0 aliphatic rings. The molecule has 0 unspecified atom stereocenters. The summed E-state index contributed by atoms with van der Waals surface area (Å²) >= 11 is 0. The van der Waals surface area contributed by atoms with E-state index in [-0.39, 0.29) is 48.6 Å². The van der Waals surface area contributed by atoms with Gasteiger partial charge in [0.25, 0.3) is 0 Å². The van der Waals surface area contributed by atoms with Crippen LogP contribution in [0.2, 0.25) is 0 Å². The van der Waals surface area contributed by atoms with E-state index in [4.69, 9.17) is 19.3 Å². The maximum Gasteiger partial charge on any atom is 0.469 e. The van der Waals surface area contributed by atoms with Gasteiger partial charge in [-0.3, -0.25) is 18.8 Å². The number of nitrogens with zero attached hydrogens (tertiary/aromatic N) is 4. The first-order valence-corrected chi connectivity index (χ1v) is 13.4. The molecule has 3 aromatic rings. The summed E-state index contributed by atoms with van der Waals surface area (Å²) in [6.07, 6.45) is 3.00. The predicted octanol–water partition coefficient (Wildman–Crippen LogP) is 2.81. The van der Waals surface area contributed by atoms with Crippen LogP contribution in [-0.2, 0) is 20.4 Å². The highest BCUT2D eigenvalue weighted by atomic mass is 31.2. The number of pyridine rings is 1. The third-order valence-electron chi connectivity index (χ3n) is 5.39. The Morgan fingerprint density at radius 1 is 1.08 bits per heavy atom. The summed E-state index contributed by atoms with van der Waals surface area (Å²) in [5.41, 5.74) is 1.03. The maximum absolute atomic E-state index is 13.3. The number of methoxy groups -OCH3 is 1. The Morgan fingerprint density at radius 3 is 2.41 bits per heavy atom. The summed E-state index contributed by atoms with van der Waals surface area (Å²) < 4.78 is 27.2. The van der Waals surface area contributed by atoms with Gasteiger partial charge in [-0.25, -0.2) is 9.55 Å². The summed E-state index contributed by atoms with van der Waals surface area (Å²) in [6, 6.07) is 8.17. The Balaban J connectivity index is 1.83. The van der Waals surface area contributed by atoms with Crippen LogP contribution in [0.25, 0.3) is 10.9 Å². The molecule has 0 saturated carbocycles. The number of amides is 1. The van der Waals surface area contributed by atoms with Crippen LogP contribution in [-0.4, -0.2) is 74.6 Å². The zero-order valence-corrected chi connectivity index (χ0v) is 21.9. The van der Waals surface area contributed by atoms with Crippen LogP contribution in [0.4, 0.5) is 0 Å². The molecule has 0 fully saturated rings. The van der Waals surface area contributed by atoms with Crippen molar-refractivity contribution >= 4 is 30.4 Å². The van der Waals surface area contributed by atoms with E-state index in [1.807, 2.05) is 13.8 Å². The first-order valence-electron chi connectivity index (χ1n) is 11.8. The van der Waals surface area contributed by atoms with E-state index in [0.717, 1.165) is 12.8 Å². The van der Waals surface area contributed by atoms with Crippen LogP contribution in [0, 0.1) is 0 Å². The van der Waals surface area contributed by atoms with E-state index in [1.54, 1.807) is 23.1 Å². The predicted molar refractivity (Wildman–Crippen MR) is 135 cm³/mol. The van der Waals surface area contributed by atoms with Crippen molar-refractivity contribution in [2.24, 2.45) is 0 Å². The Hall–Kier alpha value is -3.31. The van der Waals surface area contributed by atoms with Gasteiger partial charge < -0.3 is 24.2 Å². The Labute approximate surface area is 214 Å². The van der Waals surface area contributed by atoms with Crippen LogP contribution in [0.15, 0.2) is 36.5 Å². The molecule has 0 bridgehead atoms. The lowest BCUT2D eigenvalue weighted by Gasteiger charge is -2.21. The van der Waals surface area contributed by atoms with E-state index in [2.05, 4.69) is 14.6 Å². The lowest BCUT2D eigenvalue weighted by molar-refractivity contribution is -0.132. The average Bonchev–Trinajstić information content (AvgIpc) is 3.23. The SMILES string of the molecule is CCCN(CCC)C(=O)Cn1nc(C(=O)c2ccc(OCCOP(=O)(O)O)nc2)c2ccc(OC)cc21. The van der Waals surface area contributed by atoms with Gasteiger partial charge in [-0.2, -0.15) is 5.10 Å². The van der Waals surface area contributed by atoms with Crippen molar-refractivity contribution in [2.45, 2.75) is 33.2 Å². The van der Waals surface area contributed by atoms with E-state index in [0.29, 0.717) is 29.7 Å². The monoisotopic (exact) mass is 534 g/mol. The fourth-order valence-corrected chi connectivity index (χ4v) is 4.05. The van der Waals surface area contributed by atoms with Gasteiger partial charge in [-0.1, -0.05) is 13.8 Å². The minimum Gasteiger partial charge on any atom is -0.497 e. The topological polar surface area (TPSA) is 153 Å². The highest BCUT2D eigenvalue weighted by Crippen LogP contribution is 2.35. The quantitative estimate of drug-likeness (QED) is 0.179. The number of phosphoric acid groups is 1. The van der Waals surface area contributed by atoms with Crippen LogP contribution in [0.3, 0.4) is 0 Å². The van der Waals surface area contributed by atoms with Crippen molar-refractivity contribution in [1.29, 1.82) is 0 Å². The summed E-state index contributed by atoms with van der Waals surface area (Å²) in [5.74, 6) is 0.263. The average molecular weight is 535 g/mol. The number of carbonyl (C=O) groups excluding carboxylic acids is 2. The van der Waals surface area contributed by atoms with Crippen LogP contribution >= 0.6 is 7.82 Å².